The number of nitrogens with zero attached hydrogens (tertiary/aromatic N) is 4. The third kappa shape index (κ3) is 3.07. The van der Waals surface area contributed by atoms with Crippen molar-refractivity contribution in [2.75, 3.05) is 13.1 Å². The van der Waals surface area contributed by atoms with Crippen molar-refractivity contribution in [2.24, 2.45) is 0 Å². The van der Waals surface area contributed by atoms with E-state index in [1.54, 1.807) is 11.3 Å². The Balaban J connectivity index is 1.44. The van der Waals surface area contributed by atoms with E-state index < -0.39 is 0 Å². The highest BCUT2D eigenvalue weighted by Gasteiger charge is 2.27. The highest BCUT2D eigenvalue weighted by atomic mass is 32.1. The first-order chi connectivity index (χ1) is 13.3. The molecule has 4 nitrogen and oxygen atoms in total. The Hall–Kier alpha value is -2.50. The topological polar surface area (TPSA) is 33.4 Å². The zero-order valence-corrected chi connectivity index (χ0v) is 16.2. The van der Waals surface area contributed by atoms with Crippen LogP contribution in [0.5, 0.6) is 0 Å². The summed E-state index contributed by atoms with van der Waals surface area (Å²) in [6.07, 6.45) is 3.11. The maximum absolute atomic E-state index is 4.95. The molecule has 0 saturated carbocycles. The fourth-order valence-electron chi connectivity index (χ4n) is 4.09. The molecular weight excluding hydrogens is 352 g/mol. The van der Waals surface area contributed by atoms with Gasteiger partial charge < -0.3 is 0 Å². The van der Waals surface area contributed by atoms with E-state index in [-0.39, 0.29) is 0 Å². The first kappa shape index (κ1) is 16.7. The Morgan fingerprint density at radius 3 is 2.81 bits per heavy atom. The standard InChI is InChI=1S/C22H22N4S/c1-16-21(20-8-5-13-27-20)24-26-19(9-11-23-22(16)26)18-10-12-25(15-18)14-17-6-3-2-4-7-17/h2-9,11,13,18H,10,12,14-15H2,1H3/t18-/m0/s1. The molecule has 27 heavy (non-hydrogen) atoms. The summed E-state index contributed by atoms with van der Waals surface area (Å²) in [5, 5.41) is 7.06. The number of hydrogen-bond acceptors (Lipinski definition) is 4. The number of likely N-dealkylation sites (tertiary alicyclic amines) is 1. The van der Waals surface area contributed by atoms with E-state index in [0.717, 1.165) is 31.0 Å². The van der Waals surface area contributed by atoms with E-state index >= 15 is 0 Å². The van der Waals surface area contributed by atoms with E-state index in [1.165, 1.54) is 28.1 Å². The van der Waals surface area contributed by atoms with Gasteiger partial charge >= 0.3 is 0 Å². The molecule has 0 N–H and O–H groups in total. The molecule has 0 radical (unpaired) electrons. The second kappa shape index (κ2) is 6.91. The van der Waals surface area contributed by atoms with E-state index in [9.17, 15) is 0 Å². The highest BCUT2D eigenvalue weighted by Crippen LogP contribution is 2.32. The number of rotatable bonds is 4. The van der Waals surface area contributed by atoms with E-state index in [1.807, 2.05) is 6.20 Å². The lowest BCUT2D eigenvalue weighted by molar-refractivity contribution is 0.326. The summed E-state index contributed by atoms with van der Waals surface area (Å²) in [4.78, 5) is 8.38. The average Bonchev–Trinajstić information content (AvgIpc) is 3.43. The van der Waals surface area contributed by atoms with Gasteiger partial charge in [0, 0.05) is 30.8 Å². The van der Waals surface area contributed by atoms with Gasteiger partial charge in [0.1, 0.15) is 5.69 Å². The molecular formula is C22H22N4S. The largest absolute Gasteiger partial charge is 0.298 e. The van der Waals surface area contributed by atoms with Crippen molar-refractivity contribution in [3.8, 4) is 10.6 Å². The van der Waals surface area contributed by atoms with E-state index in [2.05, 4.69) is 75.2 Å². The van der Waals surface area contributed by atoms with Crippen LogP contribution in [-0.2, 0) is 6.54 Å². The number of thiophene rings is 1. The molecule has 136 valence electrons. The lowest BCUT2D eigenvalue weighted by atomic mass is 10.0. The summed E-state index contributed by atoms with van der Waals surface area (Å²) in [5.74, 6) is 0.495. The van der Waals surface area contributed by atoms with Gasteiger partial charge in [-0.3, -0.25) is 4.90 Å². The molecule has 0 spiro atoms. The van der Waals surface area contributed by atoms with Crippen LogP contribution in [0.4, 0.5) is 0 Å². The minimum atomic E-state index is 0.495. The predicted molar refractivity (Wildman–Crippen MR) is 110 cm³/mol. The van der Waals surface area contributed by atoms with Gasteiger partial charge in [-0.2, -0.15) is 5.10 Å². The molecule has 5 rings (SSSR count). The lowest BCUT2D eigenvalue weighted by Crippen LogP contribution is -2.20. The zero-order valence-electron chi connectivity index (χ0n) is 15.4. The third-order valence-electron chi connectivity index (χ3n) is 5.47. The van der Waals surface area contributed by atoms with Crippen molar-refractivity contribution in [3.05, 3.63) is 76.9 Å². The molecule has 1 aliphatic heterocycles. The summed E-state index contributed by atoms with van der Waals surface area (Å²) in [6, 6.07) is 17.1. The monoisotopic (exact) mass is 374 g/mol. The number of hydrogen-bond donors (Lipinski definition) is 0. The number of aryl methyl sites for hydroxylation is 1. The van der Waals surface area contributed by atoms with Crippen molar-refractivity contribution in [2.45, 2.75) is 25.8 Å². The van der Waals surface area contributed by atoms with E-state index in [0.29, 0.717) is 5.92 Å². The Morgan fingerprint density at radius 1 is 1.11 bits per heavy atom. The number of aromatic nitrogens is 3. The third-order valence-corrected chi connectivity index (χ3v) is 6.35. The summed E-state index contributed by atoms with van der Waals surface area (Å²) in [7, 11) is 0. The Bertz CT molecular complexity index is 1050. The average molecular weight is 375 g/mol. The van der Waals surface area contributed by atoms with Gasteiger partial charge in [-0.1, -0.05) is 36.4 Å². The van der Waals surface area contributed by atoms with Gasteiger partial charge in [0.25, 0.3) is 0 Å². The van der Waals surface area contributed by atoms with Gasteiger partial charge in [-0.15, -0.1) is 11.3 Å². The minimum absolute atomic E-state index is 0.495. The van der Waals surface area contributed by atoms with Crippen molar-refractivity contribution in [3.63, 3.8) is 0 Å². The minimum Gasteiger partial charge on any atom is -0.298 e. The summed E-state index contributed by atoms with van der Waals surface area (Å²) >= 11 is 1.73. The highest BCUT2D eigenvalue weighted by molar-refractivity contribution is 7.13. The molecule has 3 aromatic heterocycles. The van der Waals surface area contributed by atoms with Gasteiger partial charge in [-0.25, -0.2) is 9.50 Å². The quantitative estimate of drug-likeness (QED) is 0.517. The van der Waals surface area contributed by atoms with Crippen LogP contribution in [0.3, 0.4) is 0 Å². The first-order valence-electron chi connectivity index (χ1n) is 9.44. The first-order valence-corrected chi connectivity index (χ1v) is 10.3. The smallest absolute Gasteiger partial charge is 0.158 e. The SMILES string of the molecule is Cc1c(-c2cccs2)nn2c([C@H]3CCN(Cc4ccccc4)C3)ccnc12. The number of fused-ring (bicyclic) bond motifs is 1. The molecule has 1 atom stereocenters. The zero-order chi connectivity index (χ0) is 18.2. The van der Waals surface area contributed by atoms with Gasteiger partial charge in [-0.05, 0) is 43.0 Å². The van der Waals surface area contributed by atoms with Crippen molar-refractivity contribution in [1.29, 1.82) is 0 Å². The second-order valence-electron chi connectivity index (χ2n) is 7.26. The molecule has 4 heterocycles. The summed E-state index contributed by atoms with van der Waals surface area (Å²) < 4.78 is 2.08. The fourth-order valence-corrected chi connectivity index (χ4v) is 4.86. The Kier molecular flexibility index (Phi) is 4.26. The fraction of sp³-hybridized carbons (Fsp3) is 0.273. The van der Waals surface area contributed by atoms with Crippen LogP contribution in [0.1, 0.15) is 29.2 Å². The van der Waals surface area contributed by atoms with Crippen LogP contribution < -0.4 is 0 Å². The molecule has 1 fully saturated rings. The second-order valence-corrected chi connectivity index (χ2v) is 8.21. The molecule has 0 aliphatic carbocycles. The molecule has 4 aromatic rings. The van der Waals surface area contributed by atoms with Crippen LogP contribution in [0.25, 0.3) is 16.2 Å². The van der Waals surface area contributed by atoms with Crippen LogP contribution in [0.15, 0.2) is 60.1 Å². The number of benzene rings is 1. The molecule has 0 amide bonds. The summed E-state index contributed by atoms with van der Waals surface area (Å²) in [6.45, 7) is 5.34. The Labute approximate surface area is 163 Å². The molecule has 0 bridgehead atoms. The summed E-state index contributed by atoms with van der Waals surface area (Å²) in [5.41, 5.74) is 5.87. The van der Waals surface area contributed by atoms with Gasteiger partial charge in [0.15, 0.2) is 5.65 Å². The maximum Gasteiger partial charge on any atom is 0.158 e. The van der Waals surface area contributed by atoms with Crippen LogP contribution in [0.2, 0.25) is 0 Å². The van der Waals surface area contributed by atoms with Crippen molar-refractivity contribution in [1.82, 2.24) is 19.5 Å². The van der Waals surface area contributed by atoms with Crippen LogP contribution in [-0.4, -0.2) is 32.6 Å². The van der Waals surface area contributed by atoms with Gasteiger partial charge in [0.05, 0.1) is 10.6 Å². The molecule has 1 saturated heterocycles. The lowest BCUT2D eigenvalue weighted by Gasteiger charge is -2.16. The Morgan fingerprint density at radius 2 is 2.00 bits per heavy atom. The van der Waals surface area contributed by atoms with Gasteiger partial charge in [0.2, 0.25) is 0 Å². The van der Waals surface area contributed by atoms with Crippen LogP contribution in [0, 0.1) is 6.92 Å². The molecule has 5 heteroatoms. The maximum atomic E-state index is 4.95. The van der Waals surface area contributed by atoms with E-state index in [4.69, 9.17) is 5.10 Å². The molecule has 1 aliphatic rings. The molecule has 0 unspecified atom stereocenters. The van der Waals surface area contributed by atoms with Crippen molar-refractivity contribution >= 4 is 17.0 Å². The predicted octanol–water partition coefficient (Wildman–Crippen LogP) is 4.76. The molecule has 1 aromatic carbocycles. The van der Waals surface area contributed by atoms with Crippen LogP contribution >= 0.6 is 11.3 Å². The normalized spacial score (nSPS) is 17.7. The van der Waals surface area contributed by atoms with Crippen molar-refractivity contribution < 1.29 is 0 Å².